The van der Waals surface area contributed by atoms with Gasteiger partial charge in [0, 0.05) is 0 Å². The monoisotopic (exact) mass is 208 g/mol. The smallest absolute Gasteiger partial charge is 0.304 e. The molecule has 5 heteroatoms. The molecule has 3 nitrogen and oxygen atoms in total. The summed E-state index contributed by atoms with van der Waals surface area (Å²) in [5, 5.41) is 0. The number of rotatable bonds is 6. The second-order valence-corrected chi connectivity index (χ2v) is 4.00. The van der Waals surface area contributed by atoms with Gasteiger partial charge in [-0.05, 0) is 19.9 Å². The van der Waals surface area contributed by atoms with Gasteiger partial charge in [0.05, 0.1) is 13.2 Å². The summed E-state index contributed by atoms with van der Waals surface area (Å²) in [6, 6.07) is 0. The summed E-state index contributed by atoms with van der Waals surface area (Å²) >= 11 is 0. The van der Waals surface area contributed by atoms with Gasteiger partial charge in [-0.1, -0.05) is 12.7 Å². The minimum absolute atomic E-state index is 0.135. The van der Waals surface area contributed by atoms with Gasteiger partial charge in [-0.2, -0.15) is 4.39 Å². The van der Waals surface area contributed by atoms with E-state index in [2.05, 4.69) is 6.58 Å². The van der Waals surface area contributed by atoms with E-state index in [9.17, 15) is 8.96 Å². The van der Waals surface area contributed by atoms with Gasteiger partial charge in [0.2, 0.25) is 5.57 Å². The summed E-state index contributed by atoms with van der Waals surface area (Å²) < 4.78 is 34.1. The quantitative estimate of drug-likeness (QED) is 0.496. The molecule has 0 aliphatic rings. The van der Waals surface area contributed by atoms with E-state index >= 15 is 0 Å². The molecule has 0 unspecified atom stereocenters. The number of hydrogen-bond donors (Lipinski definition) is 0. The van der Waals surface area contributed by atoms with Crippen molar-refractivity contribution in [2.75, 3.05) is 13.2 Å². The Morgan fingerprint density at radius 2 is 1.92 bits per heavy atom. The predicted octanol–water partition coefficient (Wildman–Crippen LogP) is 3.25. The van der Waals surface area contributed by atoms with Crippen LogP contribution in [0.15, 0.2) is 24.3 Å². The molecule has 0 aliphatic heterocycles. The molecular weight excluding hydrogens is 194 g/mol. The predicted molar refractivity (Wildman–Crippen MR) is 50.2 cm³/mol. The van der Waals surface area contributed by atoms with Crippen LogP contribution >= 0.6 is 7.60 Å². The standard InChI is InChI=1S/C8H14FO3P/c1-4-7-8(9)13(10,11-5-2)12-6-3/h4,7H,1,5-6H2,2-3H3/b8-7-. The molecule has 0 spiro atoms. The van der Waals surface area contributed by atoms with E-state index in [-0.39, 0.29) is 13.2 Å². The maximum Gasteiger partial charge on any atom is 0.389 e. The minimum atomic E-state index is -3.70. The highest BCUT2D eigenvalue weighted by Gasteiger charge is 2.29. The molecule has 13 heavy (non-hydrogen) atoms. The van der Waals surface area contributed by atoms with Crippen LogP contribution < -0.4 is 0 Å². The topological polar surface area (TPSA) is 35.5 Å². The molecule has 0 fully saturated rings. The van der Waals surface area contributed by atoms with Crippen LogP contribution in [-0.2, 0) is 13.6 Å². The SMILES string of the molecule is C=C/C=C(/F)P(=O)(OCC)OCC. The van der Waals surface area contributed by atoms with Crippen molar-refractivity contribution in [2.45, 2.75) is 13.8 Å². The molecular formula is C8H14FO3P. The molecule has 0 rings (SSSR count). The van der Waals surface area contributed by atoms with E-state index in [0.29, 0.717) is 0 Å². The van der Waals surface area contributed by atoms with Crippen LogP contribution in [0, 0.1) is 0 Å². The van der Waals surface area contributed by atoms with E-state index in [1.807, 2.05) is 0 Å². The summed E-state index contributed by atoms with van der Waals surface area (Å²) in [7, 11) is -3.70. The zero-order chi connectivity index (χ0) is 10.3. The molecule has 0 aromatic heterocycles. The van der Waals surface area contributed by atoms with Gasteiger partial charge < -0.3 is 9.05 Å². The Hall–Kier alpha value is -0.440. The number of hydrogen-bond acceptors (Lipinski definition) is 3. The fourth-order valence-corrected chi connectivity index (χ4v) is 1.98. The van der Waals surface area contributed by atoms with Crippen LogP contribution in [0.2, 0.25) is 0 Å². The molecule has 0 radical (unpaired) electrons. The van der Waals surface area contributed by atoms with E-state index in [1.165, 1.54) is 6.08 Å². The first-order valence-electron chi connectivity index (χ1n) is 3.98. The van der Waals surface area contributed by atoms with Gasteiger partial charge in [-0.3, -0.25) is 4.57 Å². The van der Waals surface area contributed by atoms with Crippen LogP contribution in [0.5, 0.6) is 0 Å². The maximum atomic E-state index is 13.1. The Balaban J connectivity index is 4.66. The molecule has 0 bridgehead atoms. The van der Waals surface area contributed by atoms with E-state index in [0.717, 1.165) is 6.08 Å². The summed E-state index contributed by atoms with van der Waals surface area (Å²) in [6.07, 6.45) is 2.17. The van der Waals surface area contributed by atoms with Crippen molar-refractivity contribution in [3.05, 3.63) is 24.3 Å². The van der Waals surface area contributed by atoms with Gasteiger partial charge in [0.25, 0.3) is 0 Å². The lowest BCUT2D eigenvalue weighted by molar-refractivity contribution is 0.220. The van der Waals surface area contributed by atoms with E-state index < -0.39 is 13.2 Å². The summed E-state index contributed by atoms with van der Waals surface area (Å²) in [5.74, 6) is 0. The molecule has 0 saturated heterocycles. The van der Waals surface area contributed by atoms with Crippen molar-refractivity contribution in [3.8, 4) is 0 Å². The third kappa shape index (κ3) is 3.85. The van der Waals surface area contributed by atoms with E-state index in [1.54, 1.807) is 13.8 Å². The van der Waals surface area contributed by atoms with Gasteiger partial charge in [-0.25, -0.2) is 0 Å². The molecule has 0 aromatic carbocycles. The lowest BCUT2D eigenvalue weighted by Gasteiger charge is -2.14. The molecule has 0 atom stereocenters. The average Bonchev–Trinajstić information content (AvgIpc) is 2.05. The van der Waals surface area contributed by atoms with Crippen LogP contribution in [0.4, 0.5) is 4.39 Å². The van der Waals surface area contributed by atoms with Gasteiger partial charge >= 0.3 is 7.60 Å². The van der Waals surface area contributed by atoms with Crippen LogP contribution in [-0.4, -0.2) is 13.2 Å². The van der Waals surface area contributed by atoms with Gasteiger partial charge in [-0.15, -0.1) is 0 Å². The third-order valence-electron chi connectivity index (χ3n) is 1.12. The summed E-state index contributed by atoms with van der Waals surface area (Å²) in [6.45, 7) is 6.79. The van der Waals surface area contributed by atoms with Crippen molar-refractivity contribution in [3.63, 3.8) is 0 Å². The fraction of sp³-hybridized carbons (Fsp3) is 0.500. The lowest BCUT2D eigenvalue weighted by atomic mass is 10.6. The van der Waals surface area contributed by atoms with Crippen LogP contribution in [0.1, 0.15) is 13.8 Å². The first-order valence-corrected chi connectivity index (χ1v) is 5.52. The highest BCUT2D eigenvalue weighted by atomic mass is 31.2. The molecule has 0 N–H and O–H groups in total. The van der Waals surface area contributed by atoms with Crippen molar-refractivity contribution in [2.24, 2.45) is 0 Å². The zero-order valence-electron chi connectivity index (χ0n) is 7.83. The molecule has 0 amide bonds. The molecule has 0 aromatic rings. The number of allylic oxidation sites excluding steroid dienone is 2. The zero-order valence-corrected chi connectivity index (χ0v) is 8.72. The fourth-order valence-electron chi connectivity index (χ4n) is 0.689. The lowest BCUT2D eigenvalue weighted by Crippen LogP contribution is -1.95. The van der Waals surface area contributed by atoms with Gasteiger partial charge in [0.15, 0.2) is 0 Å². The Morgan fingerprint density at radius 1 is 1.46 bits per heavy atom. The normalized spacial score (nSPS) is 13.0. The summed E-state index contributed by atoms with van der Waals surface area (Å²) in [4.78, 5) is 0. The van der Waals surface area contributed by atoms with Crippen molar-refractivity contribution in [1.29, 1.82) is 0 Å². The van der Waals surface area contributed by atoms with Crippen molar-refractivity contribution < 1.29 is 18.0 Å². The maximum absolute atomic E-state index is 13.1. The van der Waals surface area contributed by atoms with Crippen molar-refractivity contribution in [1.82, 2.24) is 0 Å². The minimum Gasteiger partial charge on any atom is -0.304 e. The second kappa shape index (κ2) is 6.08. The number of halogens is 1. The second-order valence-electron chi connectivity index (χ2n) is 2.06. The van der Waals surface area contributed by atoms with Crippen molar-refractivity contribution >= 4 is 7.60 Å². The Labute approximate surface area is 77.8 Å². The highest BCUT2D eigenvalue weighted by molar-refractivity contribution is 7.58. The molecule has 76 valence electrons. The first-order chi connectivity index (χ1) is 6.10. The molecule has 0 saturated carbocycles. The largest absolute Gasteiger partial charge is 0.389 e. The highest BCUT2D eigenvalue weighted by Crippen LogP contribution is 2.56. The third-order valence-corrected chi connectivity index (χ3v) is 2.98. The Bertz CT molecular complexity index is 228. The molecule has 0 heterocycles. The van der Waals surface area contributed by atoms with E-state index in [4.69, 9.17) is 9.05 Å². The summed E-state index contributed by atoms with van der Waals surface area (Å²) in [5.41, 5.74) is -0.911. The molecule has 0 aliphatic carbocycles. The first kappa shape index (κ1) is 12.6. The average molecular weight is 208 g/mol. The Morgan fingerprint density at radius 3 is 2.23 bits per heavy atom. The van der Waals surface area contributed by atoms with Gasteiger partial charge in [0.1, 0.15) is 0 Å². The Kier molecular flexibility index (Phi) is 5.88. The van der Waals surface area contributed by atoms with Crippen LogP contribution in [0.3, 0.4) is 0 Å². The van der Waals surface area contributed by atoms with Crippen LogP contribution in [0.25, 0.3) is 0 Å².